The lowest BCUT2D eigenvalue weighted by atomic mass is 10.2. The Bertz CT molecular complexity index is 365. The Labute approximate surface area is 97.4 Å². The van der Waals surface area contributed by atoms with E-state index in [0.717, 1.165) is 0 Å². The summed E-state index contributed by atoms with van der Waals surface area (Å²) in [5.74, 6) is 0.947. The van der Waals surface area contributed by atoms with E-state index in [4.69, 9.17) is 5.73 Å². The van der Waals surface area contributed by atoms with Crippen molar-refractivity contribution in [3.05, 3.63) is 11.9 Å². The van der Waals surface area contributed by atoms with Gasteiger partial charge in [0, 0.05) is 18.5 Å². The zero-order chi connectivity index (χ0) is 12.9. The second-order valence-corrected chi connectivity index (χ2v) is 3.73. The first kappa shape index (κ1) is 13.5. The average molecular weight is 248 g/mol. The summed E-state index contributed by atoms with van der Waals surface area (Å²) in [6.07, 6.45) is -2.96. The summed E-state index contributed by atoms with van der Waals surface area (Å²) in [4.78, 5) is 7.76. The molecule has 0 unspecified atom stereocenters. The fraction of sp³-hybridized carbons (Fsp3) is 0.600. The molecule has 0 fully saturated rings. The van der Waals surface area contributed by atoms with Crippen LogP contribution < -0.4 is 11.1 Å². The zero-order valence-electron chi connectivity index (χ0n) is 9.51. The van der Waals surface area contributed by atoms with Crippen molar-refractivity contribution in [3.8, 4) is 0 Å². The quantitative estimate of drug-likeness (QED) is 0.786. The lowest BCUT2D eigenvalue weighted by Gasteiger charge is -2.09. The molecule has 0 saturated heterocycles. The predicted molar refractivity (Wildman–Crippen MR) is 59.6 cm³/mol. The molecule has 1 rings (SSSR count). The van der Waals surface area contributed by atoms with Crippen LogP contribution in [-0.2, 0) is 0 Å². The molecule has 4 nitrogen and oxygen atoms in total. The Kier molecular flexibility index (Phi) is 4.53. The summed E-state index contributed by atoms with van der Waals surface area (Å²) >= 11 is 0. The molecular formula is C10H15F3N4. The minimum atomic E-state index is -4.07. The maximum Gasteiger partial charge on any atom is 0.389 e. The zero-order valence-corrected chi connectivity index (χ0v) is 9.51. The Hall–Kier alpha value is -1.53. The lowest BCUT2D eigenvalue weighted by Crippen LogP contribution is -2.10. The molecule has 3 N–H and O–H groups in total. The number of anilines is 2. The maximum absolute atomic E-state index is 11.9. The summed E-state index contributed by atoms with van der Waals surface area (Å²) in [5.41, 5.74) is 6.28. The van der Waals surface area contributed by atoms with Gasteiger partial charge in [0.25, 0.3) is 0 Å². The van der Waals surface area contributed by atoms with Crippen molar-refractivity contribution >= 4 is 11.6 Å². The highest BCUT2D eigenvalue weighted by Gasteiger charge is 2.25. The predicted octanol–water partition coefficient (Wildman–Crippen LogP) is 2.51. The van der Waals surface area contributed by atoms with Crippen molar-refractivity contribution in [2.24, 2.45) is 0 Å². The van der Waals surface area contributed by atoms with Crippen LogP contribution in [0.25, 0.3) is 0 Å². The number of alkyl halides is 3. The van der Waals surface area contributed by atoms with Gasteiger partial charge in [0.05, 0.1) is 0 Å². The molecule has 0 saturated carbocycles. The van der Waals surface area contributed by atoms with Crippen molar-refractivity contribution < 1.29 is 13.2 Å². The van der Waals surface area contributed by atoms with Gasteiger partial charge < -0.3 is 11.1 Å². The molecule has 0 atom stereocenters. The van der Waals surface area contributed by atoms with Crippen LogP contribution in [0.4, 0.5) is 24.8 Å². The average Bonchev–Trinajstić information content (AvgIpc) is 2.22. The van der Waals surface area contributed by atoms with Gasteiger partial charge in [-0.05, 0) is 19.8 Å². The molecule has 1 heterocycles. The second-order valence-electron chi connectivity index (χ2n) is 3.73. The third-order valence-corrected chi connectivity index (χ3v) is 2.30. The fourth-order valence-corrected chi connectivity index (χ4v) is 1.30. The number of nitrogens with zero attached hydrogens (tertiary/aromatic N) is 2. The maximum atomic E-state index is 11.9. The van der Waals surface area contributed by atoms with Crippen LogP contribution in [0.5, 0.6) is 0 Å². The van der Waals surface area contributed by atoms with Gasteiger partial charge in [-0.1, -0.05) is 0 Å². The normalized spacial score (nSPS) is 11.5. The van der Waals surface area contributed by atoms with E-state index in [1.165, 1.54) is 6.33 Å². The van der Waals surface area contributed by atoms with E-state index >= 15 is 0 Å². The van der Waals surface area contributed by atoms with Crippen molar-refractivity contribution in [2.75, 3.05) is 17.6 Å². The summed E-state index contributed by atoms with van der Waals surface area (Å²) in [7, 11) is 0. The van der Waals surface area contributed by atoms with Crippen LogP contribution in [0.1, 0.15) is 24.8 Å². The second kappa shape index (κ2) is 5.70. The van der Waals surface area contributed by atoms with Crippen LogP contribution in [0.3, 0.4) is 0 Å². The van der Waals surface area contributed by atoms with E-state index in [-0.39, 0.29) is 6.42 Å². The first-order chi connectivity index (χ1) is 7.90. The van der Waals surface area contributed by atoms with Gasteiger partial charge >= 0.3 is 6.18 Å². The molecule has 7 heteroatoms. The molecule has 0 spiro atoms. The highest BCUT2D eigenvalue weighted by atomic mass is 19.4. The summed E-state index contributed by atoms with van der Waals surface area (Å²) in [5, 5.41) is 2.94. The van der Waals surface area contributed by atoms with Crippen molar-refractivity contribution in [1.82, 2.24) is 9.97 Å². The number of nitrogens with one attached hydrogen (secondary N) is 1. The van der Waals surface area contributed by atoms with E-state index in [1.54, 1.807) is 6.92 Å². The van der Waals surface area contributed by atoms with E-state index < -0.39 is 12.6 Å². The molecule has 17 heavy (non-hydrogen) atoms. The van der Waals surface area contributed by atoms with Crippen molar-refractivity contribution in [1.29, 1.82) is 0 Å². The molecule has 1 aromatic heterocycles. The molecule has 1 aromatic rings. The van der Waals surface area contributed by atoms with Gasteiger partial charge in [-0.25, -0.2) is 9.97 Å². The summed E-state index contributed by atoms with van der Waals surface area (Å²) < 4.78 is 35.6. The van der Waals surface area contributed by atoms with Crippen LogP contribution in [0, 0.1) is 6.92 Å². The number of unbranched alkanes of at least 4 members (excludes halogenated alkanes) is 1. The molecule has 0 amide bonds. The molecule has 0 aliphatic carbocycles. The van der Waals surface area contributed by atoms with Crippen LogP contribution in [-0.4, -0.2) is 22.7 Å². The molecular weight excluding hydrogens is 233 g/mol. The minimum absolute atomic E-state index is 0.107. The lowest BCUT2D eigenvalue weighted by molar-refractivity contribution is -0.135. The molecule has 96 valence electrons. The number of rotatable bonds is 5. The number of hydrogen-bond acceptors (Lipinski definition) is 4. The molecule has 0 aliphatic rings. The number of aromatic nitrogens is 2. The van der Waals surface area contributed by atoms with E-state index in [1.807, 2.05) is 0 Å². The largest absolute Gasteiger partial charge is 0.389 e. The fourth-order valence-electron chi connectivity index (χ4n) is 1.30. The Morgan fingerprint density at radius 1 is 1.29 bits per heavy atom. The van der Waals surface area contributed by atoms with Crippen molar-refractivity contribution in [2.45, 2.75) is 32.4 Å². The third-order valence-electron chi connectivity index (χ3n) is 2.30. The number of nitrogens with two attached hydrogens (primary N) is 1. The van der Waals surface area contributed by atoms with Gasteiger partial charge in [0.2, 0.25) is 0 Å². The third kappa shape index (κ3) is 4.88. The van der Waals surface area contributed by atoms with Gasteiger partial charge in [-0.3, -0.25) is 0 Å². The summed E-state index contributed by atoms with van der Waals surface area (Å²) in [6.45, 7) is 2.20. The molecule has 0 aromatic carbocycles. The molecule has 0 radical (unpaired) electrons. The van der Waals surface area contributed by atoms with Gasteiger partial charge in [-0.15, -0.1) is 0 Å². The topological polar surface area (TPSA) is 63.8 Å². The Morgan fingerprint density at radius 3 is 2.65 bits per heavy atom. The molecule has 0 bridgehead atoms. The van der Waals surface area contributed by atoms with Crippen molar-refractivity contribution in [3.63, 3.8) is 0 Å². The van der Waals surface area contributed by atoms with Crippen LogP contribution in [0.15, 0.2) is 6.33 Å². The van der Waals surface area contributed by atoms with Crippen LogP contribution in [0.2, 0.25) is 0 Å². The number of nitrogen functional groups attached to an aromatic ring is 1. The number of halogens is 3. The Balaban J connectivity index is 2.29. The highest BCUT2D eigenvalue weighted by molar-refractivity contribution is 5.53. The standard InChI is InChI=1S/C10H15F3N4/c1-7-8(14)16-6-17-9(7)15-5-3-2-4-10(11,12)13/h6H,2-5H2,1H3,(H3,14,15,16,17). The highest BCUT2D eigenvalue weighted by Crippen LogP contribution is 2.22. The van der Waals surface area contributed by atoms with Gasteiger partial charge in [0.15, 0.2) is 0 Å². The van der Waals surface area contributed by atoms with Gasteiger partial charge in [0.1, 0.15) is 18.0 Å². The Morgan fingerprint density at radius 2 is 2.00 bits per heavy atom. The van der Waals surface area contributed by atoms with Gasteiger partial charge in [-0.2, -0.15) is 13.2 Å². The van der Waals surface area contributed by atoms with E-state index in [0.29, 0.717) is 30.2 Å². The van der Waals surface area contributed by atoms with E-state index in [2.05, 4.69) is 15.3 Å². The molecule has 0 aliphatic heterocycles. The smallest absolute Gasteiger partial charge is 0.383 e. The minimum Gasteiger partial charge on any atom is -0.383 e. The first-order valence-electron chi connectivity index (χ1n) is 5.28. The monoisotopic (exact) mass is 248 g/mol. The summed E-state index contributed by atoms with van der Waals surface area (Å²) in [6, 6.07) is 0. The SMILES string of the molecule is Cc1c(N)ncnc1NCCCCC(F)(F)F. The number of hydrogen-bond donors (Lipinski definition) is 2. The van der Waals surface area contributed by atoms with E-state index in [9.17, 15) is 13.2 Å². The first-order valence-corrected chi connectivity index (χ1v) is 5.28. The van der Waals surface area contributed by atoms with Crippen LogP contribution >= 0.6 is 0 Å².